The Morgan fingerprint density at radius 2 is 2.29 bits per heavy atom. The zero-order valence-electron chi connectivity index (χ0n) is 13.5. The van der Waals surface area contributed by atoms with E-state index in [2.05, 4.69) is 27.4 Å². The molecule has 0 radical (unpaired) electrons. The van der Waals surface area contributed by atoms with Gasteiger partial charge in [-0.1, -0.05) is 6.92 Å². The number of amides is 1. The molecular weight excluding hydrogens is 362 g/mol. The van der Waals surface area contributed by atoms with Gasteiger partial charge in [-0.05, 0) is 37.2 Å². The zero-order valence-corrected chi connectivity index (χ0v) is 16.0. The minimum Gasteiger partial charge on any atom is -0.307 e. The van der Waals surface area contributed by atoms with Crippen LogP contribution in [0.15, 0.2) is 11.4 Å². The maximum absolute atomic E-state index is 12.4. The number of H-pyrrole nitrogens is 1. The van der Waals surface area contributed by atoms with Gasteiger partial charge in [0.05, 0.1) is 17.0 Å². The smallest absolute Gasteiger partial charge is 0.267 e. The van der Waals surface area contributed by atoms with Crippen LogP contribution in [0.5, 0.6) is 0 Å². The maximum atomic E-state index is 12.4. The Hall–Kier alpha value is -1.84. The molecule has 0 spiro atoms. The van der Waals surface area contributed by atoms with Gasteiger partial charge in [-0.2, -0.15) is 5.10 Å². The Morgan fingerprint density at radius 3 is 2.92 bits per heavy atom. The molecule has 3 rings (SSSR count). The molecule has 3 aromatic rings. The summed E-state index contributed by atoms with van der Waals surface area (Å²) < 4.78 is 2.39. The number of carbonyl (C=O) groups is 1. The SMILES string of the molecule is CCc1sc(C(=O)Nc2nc(Cc3n[nH]c(=S)n3C)cs2)cc1C. The van der Waals surface area contributed by atoms with E-state index in [4.69, 9.17) is 12.2 Å². The first-order chi connectivity index (χ1) is 11.5. The Morgan fingerprint density at radius 1 is 1.50 bits per heavy atom. The molecule has 0 saturated heterocycles. The molecule has 1 amide bonds. The van der Waals surface area contributed by atoms with E-state index in [-0.39, 0.29) is 5.91 Å². The summed E-state index contributed by atoms with van der Waals surface area (Å²) in [6, 6.07) is 1.93. The Kier molecular flexibility index (Phi) is 4.93. The first kappa shape index (κ1) is 17.0. The van der Waals surface area contributed by atoms with E-state index in [9.17, 15) is 4.79 Å². The van der Waals surface area contributed by atoms with Crippen molar-refractivity contribution >= 4 is 45.9 Å². The average Bonchev–Trinajstić information content (AvgIpc) is 3.23. The van der Waals surface area contributed by atoms with Crippen molar-refractivity contribution < 1.29 is 4.79 Å². The van der Waals surface area contributed by atoms with Crippen LogP contribution >= 0.6 is 34.9 Å². The number of aromatic amines is 1. The molecule has 2 N–H and O–H groups in total. The molecule has 0 fully saturated rings. The number of rotatable bonds is 5. The second kappa shape index (κ2) is 6.96. The Balaban J connectivity index is 1.70. The first-order valence-corrected chi connectivity index (χ1v) is 9.53. The number of nitrogens with one attached hydrogen (secondary N) is 2. The van der Waals surface area contributed by atoms with Crippen molar-refractivity contribution in [3.05, 3.63) is 43.1 Å². The van der Waals surface area contributed by atoms with Crippen molar-refractivity contribution in [3.63, 3.8) is 0 Å². The number of thiophene rings is 1. The highest BCUT2D eigenvalue weighted by atomic mass is 32.1. The van der Waals surface area contributed by atoms with E-state index in [0.717, 1.165) is 22.8 Å². The second-order valence-electron chi connectivity index (χ2n) is 5.35. The lowest BCUT2D eigenvalue weighted by Crippen LogP contribution is -2.10. The van der Waals surface area contributed by atoms with Crippen molar-refractivity contribution in [2.45, 2.75) is 26.7 Å². The highest BCUT2D eigenvalue weighted by Gasteiger charge is 2.14. The third-order valence-electron chi connectivity index (χ3n) is 3.65. The Bertz CT molecular complexity index is 933. The van der Waals surface area contributed by atoms with Crippen LogP contribution in [-0.4, -0.2) is 25.7 Å². The molecule has 9 heteroatoms. The van der Waals surface area contributed by atoms with Crippen molar-refractivity contribution in [2.75, 3.05) is 5.32 Å². The lowest BCUT2D eigenvalue weighted by molar-refractivity contribution is 0.103. The van der Waals surface area contributed by atoms with E-state index in [1.807, 2.05) is 30.0 Å². The predicted molar refractivity (Wildman–Crippen MR) is 99.7 cm³/mol. The fourth-order valence-electron chi connectivity index (χ4n) is 2.29. The topological polar surface area (TPSA) is 75.6 Å². The molecule has 24 heavy (non-hydrogen) atoms. The zero-order chi connectivity index (χ0) is 17.3. The molecular formula is C15H17N5OS3. The van der Waals surface area contributed by atoms with Crippen LogP contribution in [-0.2, 0) is 19.9 Å². The lowest BCUT2D eigenvalue weighted by Gasteiger charge is -1.99. The van der Waals surface area contributed by atoms with Gasteiger partial charge >= 0.3 is 0 Å². The van der Waals surface area contributed by atoms with E-state index in [1.165, 1.54) is 33.1 Å². The van der Waals surface area contributed by atoms with Gasteiger partial charge in [0, 0.05) is 17.3 Å². The largest absolute Gasteiger partial charge is 0.307 e. The number of nitrogens with zero attached hydrogens (tertiary/aromatic N) is 3. The second-order valence-corrected chi connectivity index (χ2v) is 7.73. The minimum atomic E-state index is -0.109. The van der Waals surface area contributed by atoms with Gasteiger partial charge in [-0.25, -0.2) is 4.98 Å². The fourth-order valence-corrected chi connectivity index (χ4v) is 4.15. The van der Waals surface area contributed by atoms with Crippen LogP contribution in [0.4, 0.5) is 5.13 Å². The van der Waals surface area contributed by atoms with Crippen molar-refractivity contribution in [3.8, 4) is 0 Å². The first-order valence-electron chi connectivity index (χ1n) is 7.43. The normalized spacial score (nSPS) is 11.0. The number of aryl methyl sites for hydroxylation is 2. The van der Waals surface area contributed by atoms with Crippen LogP contribution < -0.4 is 5.32 Å². The maximum Gasteiger partial charge on any atom is 0.267 e. The molecule has 0 saturated carbocycles. The molecule has 0 aliphatic carbocycles. The fraction of sp³-hybridized carbons (Fsp3) is 0.333. The van der Waals surface area contributed by atoms with E-state index in [0.29, 0.717) is 16.3 Å². The number of hydrogen-bond acceptors (Lipinski definition) is 6. The summed E-state index contributed by atoms with van der Waals surface area (Å²) in [6.45, 7) is 4.13. The van der Waals surface area contributed by atoms with Gasteiger partial charge in [-0.3, -0.25) is 15.2 Å². The summed E-state index contributed by atoms with van der Waals surface area (Å²) in [6.07, 6.45) is 1.50. The number of anilines is 1. The third kappa shape index (κ3) is 3.47. The number of aromatic nitrogens is 4. The third-order valence-corrected chi connectivity index (χ3v) is 6.20. The van der Waals surface area contributed by atoms with Crippen LogP contribution in [0.25, 0.3) is 0 Å². The van der Waals surface area contributed by atoms with E-state index in [1.54, 1.807) is 0 Å². The van der Waals surface area contributed by atoms with E-state index < -0.39 is 0 Å². The average molecular weight is 380 g/mol. The van der Waals surface area contributed by atoms with Gasteiger partial charge < -0.3 is 4.57 Å². The summed E-state index contributed by atoms with van der Waals surface area (Å²) in [5.74, 6) is 0.700. The van der Waals surface area contributed by atoms with Gasteiger partial charge in [-0.15, -0.1) is 22.7 Å². The number of hydrogen-bond donors (Lipinski definition) is 2. The summed E-state index contributed by atoms with van der Waals surface area (Å²) in [5, 5.41) is 12.3. The summed E-state index contributed by atoms with van der Waals surface area (Å²) in [7, 11) is 1.86. The molecule has 126 valence electrons. The molecule has 0 aromatic carbocycles. The summed E-state index contributed by atoms with van der Waals surface area (Å²) in [4.78, 5) is 18.8. The van der Waals surface area contributed by atoms with Gasteiger partial charge in [0.1, 0.15) is 5.82 Å². The lowest BCUT2D eigenvalue weighted by atomic mass is 10.2. The number of thiazole rings is 1. The minimum absolute atomic E-state index is 0.109. The van der Waals surface area contributed by atoms with E-state index >= 15 is 0 Å². The van der Waals surface area contributed by atoms with Crippen molar-refractivity contribution in [1.29, 1.82) is 0 Å². The van der Waals surface area contributed by atoms with Crippen molar-refractivity contribution in [1.82, 2.24) is 19.7 Å². The molecule has 0 aliphatic rings. The quantitative estimate of drug-likeness (QED) is 0.663. The predicted octanol–water partition coefficient (Wildman–Crippen LogP) is 3.71. The summed E-state index contributed by atoms with van der Waals surface area (Å²) in [5.41, 5.74) is 2.02. The van der Waals surface area contributed by atoms with Gasteiger partial charge in [0.25, 0.3) is 5.91 Å². The molecule has 0 unspecified atom stereocenters. The van der Waals surface area contributed by atoms with Gasteiger partial charge in [0.15, 0.2) is 9.90 Å². The molecule has 0 aliphatic heterocycles. The van der Waals surface area contributed by atoms with Crippen LogP contribution in [0.2, 0.25) is 0 Å². The highest BCUT2D eigenvalue weighted by Crippen LogP contribution is 2.24. The molecule has 3 heterocycles. The van der Waals surface area contributed by atoms with Crippen molar-refractivity contribution in [2.24, 2.45) is 7.05 Å². The summed E-state index contributed by atoms with van der Waals surface area (Å²) >= 11 is 8.05. The molecule has 0 atom stereocenters. The standard InChI is InChI=1S/C15H17N5OS3/c1-4-10-8(2)5-11(24-10)13(21)17-14-16-9(7-23-14)6-12-18-19-15(22)20(12)3/h5,7H,4,6H2,1-3H3,(H,19,22)(H,16,17,21). The molecule has 6 nitrogen and oxygen atoms in total. The Labute approximate surface area is 152 Å². The molecule has 0 bridgehead atoms. The van der Waals surface area contributed by atoms with Gasteiger partial charge in [0.2, 0.25) is 0 Å². The molecule has 3 aromatic heterocycles. The van der Waals surface area contributed by atoms with Crippen LogP contribution in [0.1, 0.15) is 38.6 Å². The highest BCUT2D eigenvalue weighted by molar-refractivity contribution is 7.71. The monoisotopic (exact) mass is 379 g/mol. The van der Waals surface area contributed by atoms with Crippen LogP contribution in [0, 0.1) is 11.7 Å². The van der Waals surface area contributed by atoms with Crippen LogP contribution in [0.3, 0.4) is 0 Å². The number of carbonyl (C=O) groups excluding carboxylic acids is 1.